The van der Waals surface area contributed by atoms with Crippen molar-refractivity contribution < 1.29 is 9.50 Å². The van der Waals surface area contributed by atoms with Crippen molar-refractivity contribution in [3.63, 3.8) is 0 Å². The van der Waals surface area contributed by atoms with Crippen LogP contribution in [-0.2, 0) is 6.42 Å². The summed E-state index contributed by atoms with van der Waals surface area (Å²) in [5.74, 6) is 0.00722. The van der Waals surface area contributed by atoms with E-state index in [4.69, 9.17) is 0 Å². The normalized spacial score (nSPS) is 10.4. The lowest BCUT2D eigenvalue weighted by Crippen LogP contribution is -2.15. The molecule has 2 heterocycles. The largest absolute Gasteiger partial charge is 0.508 e. The molecule has 0 spiro atoms. The third kappa shape index (κ3) is 3.49. The number of nitrogens with zero attached hydrogens (tertiary/aromatic N) is 2. The average Bonchev–Trinajstić information content (AvgIpc) is 2.87. The number of aromatic hydroxyl groups is 1. The number of aromatic nitrogens is 2. The molecular weight excluding hydrogens is 305 g/mol. The maximum absolute atomic E-state index is 13.4. The Labute approximate surface area is 134 Å². The second-order valence-electron chi connectivity index (χ2n) is 4.91. The van der Waals surface area contributed by atoms with Crippen LogP contribution < -0.4 is 5.43 Å². The van der Waals surface area contributed by atoms with Gasteiger partial charge in [0.25, 0.3) is 0 Å². The van der Waals surface area contributed by atoms with E-state index < -0.39 is 0 Å². The van der Waals surface area contributed by atoms with Crippen molar-refractivity contribution in [3.8, 4) is 5.75 Å². The van der Waals surface area contributed by atoms with E-state index in [2.05, 4.69) is 10.4 Å². The topological polar surface area (TPSA) is 50.1 Å². The van der Waals surface area contributed by atoms with E-state index in [-0.39, 0.29) is 24.0 Å². The van der Waals surface area contributed by atoms with E-state index >= 15 is 0 Å². The molecule has 4 nitrogen and oxygen atoms in total. The van der Waals surface area contributed by atoms with Crippen molar-refractivity contribution in [3.05, 3.63) is 60.3 Å². The van der Waals surface area contributed by atoms with Gasteiger partial charge in [-0.15, -0.1) is 12.4 Å². The van der Waals surface area contributed by atoms with Gasteiger partial charge in [-0.1, -0.05) is 0 Å². The van der Waals surface area contributed by atoms with Crippen molar-refractivity contribution in [2.75, 3.05) is 12.0 Å². The SMILES string of the molecule is Cl.Oc1ccc2c(ccn2NCCCc2ccncc2F)c1. The monoisotopic (exact) mass is 321 g/mol. The number of halogens is 2. The van der Waals surface area contributed by atoms with Gasteiger partial charge < -0.3 is 10.5 Å². The molecule has 116 valence electrons. The maximum Gasteiger partial charge on any atom is 0.144 e. The Kier molecular flexibility index (Phi) is 5.22. The fourth-order valence-corrected chi connectivity index (χ4v) is 2.35. The van der Waals surface area contributed by atoms with Crippen LogP contribution in [0.1, 0.15) is 12.0 Å². The molecule has 0 bridgehead atoms. The van der Waals surface area contributed by atoms with E-state index in [9.17, 15) is 9.50 Å². The highest BCUT2D eigenvalue weighted by atomic mass is 35.5. The lowest BCUT2D eigenvalue weighted by Gasteiger charge is -2.09. The van der Waals surface area contributed by atoms with Crippen LogP contribution in [0.25, 0.3) is 10.9 Å². The molecule has 3 aromatic rings. The van der Waals surface area contributed by atoms with Crippen LogP contribution in [0, 0.1) is 5.82 Å². The molecule has 0 fully saturated rings. The highest BCUT2D eigenvalue weighted by Gasteiger charge is 2.03. The molecule has 0 aliphatic rings. The van der Waals surface area contributed by atoms with E-state index in [1.165, 1.54) is 6.20 Å². The van der Waals surface area contributed by atoms with Gasteiger partial charge in [-0.3, -0.25) is 9.66 Å². The molecule has 0 amide bonds. The Hall–Kier alpha value is -2.27. The van der Waals surface area contributed by atoms with Gasteiger partial charge >= 0.3 is 0 Å². The minimum atomic E-state index is -0.251. The standard InChI is InChI=1S/C16H16FN3O.ClH/c17-15-11-18-8-5-12(15)2-1-7-19-20-9-6-13-10-14(21)3-4-16(13)20;/h3-6,8-11,19,21H,1-2,7H2;1H. The first-order valence-corrected chi connectivity index (χ1v) is 6.86. The lowest BCUT2D eigenvalue weighted by atomic mass is 10.1. The van der Waals surface area contributed by atoms with Crippen LogP contribution in [0.4, 0.5) is 4.39 Å². The zero-order valence-electron chi connectivity index (χ0n) is 11.9. The van der Waals surface area contributed by atoms with Crippen molar-refractivity contribution in [1.29, 1.82) is 0 Å². The molecule has 0 saturated carbocycles. The predicted molar refractivity (Wildman–Crippen MR) is 87.6 cm³/mol. The number of hydrogen-bond donors (Lipinski definition) is 2. The Morgan fingerprint density at radius 1 is 1.23 bits per heavy atom. The van der Waals surface area contributed by atoms with Crippen LogP contribution in [-0.4, -0.2) is 21.3 Å². The highest BCUT2D eigenvalue weighted by Crippen LogP contribution is 2.20. The Balaban J connectivity index is 0.00000176. The molecule has 0 saturated heterocycles. The summed E-state index contributed by atoms with van der Waals surface area (Å²) in [4.78, 5) is 3.74. The van der Waals surface area contributed by atoms with Gasteiger partial charge in [0.1, 0.15) is 11.6 Å². The third-order valence-corrected chi connectivity index (χ3v) is 3.44. The van der Waals surface area contributed by atoms with Gasteiger partial charge in [-0.05, 0) is 48.7 Å². The fraction of sp³-hybridized carbons (Fsp3) is 0.188. The van der Waals surface area contributed by atoms with Gasteiger partial charge in [0.05, 0.1) is 11.7 Å². The molecule has 3 rings (SSSR count). The molecule has 0 aliphatic carbocycles. The van der Waals surface area contributed by atoms with Crippen LogP contribution in [0.3, 0.4) is 0 Å². The Bertz CT molecular complexity index is 760. The van der Waals surface area contributed by atoms with Crippen LogP contribution in [0.15, 0.2) is 48.9 Å². The number of fused-ring (bicyclic) bond motifs is 1. The van der Waals surface area contributed by atoms with Crippen molar-refractivity contribution in [2.45, 2.75) is 12.8 Å². The van der Waals surface area contributed by atoms with E-state index in [0.717, 1.165) is 23.9 Å². The summed E-state index contributed by atoms with van der Waals surface area (Å²) in [6, 6.07) is 8.89. The van der Waals surface area contributed by atoms with Crippen molar-refractivity contribution >= 4 is 23.3 Å². The number of phenols is 1. The number of pyridine rings is 1. The summed E-state index contributed by atoms with van der Waals surface area (Å²) < 4.78 is 15.3. The van der Waals surface area contributed by atoms with Crippen molar-refractivity contribution in [1.82, 2.24) is 9.66 Å². The molecule has 22 heavy (non-hydrogen) atoms. The van der Waals surface area contributed by atoms with E-state index in [1.807, 2.05) is 23.0 Å². The zero-order chi connectivity index (χ0) is 14.7. The van der Waals surface area contributed by atoms with Crippen molar-refractivity contribution in [2.24, 2.45) is 0 Å². The van der Waals surface area contributed by atoms with E-state index in [1.54, 1.807) is 24.4 Å². The first-order chi connectivity index (χ1) is 10.2. The minimum Gasteiger partial charge on any atom is -0.508 e. The molecule has 0 unspecified atom stereocenters. The molecule has 1 aromatic carbocycles. The van der Waals surface area contributed by atoms with Gasteiger partial charge in [0.2, 0.25) is 0 Å². The third-order valence-electron chi connectivity index (χ3n) is 3.44. The number of phenolic OH excluding ortho intramolecular Hbond substituents is 1. The molecule has 0 radical (unpaired) electrons. The number of aryl methyl sites for hydroxylation is 1. The highest BCUT2D eigenvalue weighted by molar-refractivity contribution is 5.85. The molecule has 2 aromatic heterocycles. The van der Waals surface area contributed by atoms with Crippen LogP contribution in [0.5, 0.6) is 5.75 Å². The summed E-state index contributed by atoms with van der Waals surface area (Å²) in [5.41, 5.74) is 4.97. The number of nitrogens with one attached hydrogen (secondary N) is 1. The average molecular weight is 322 g/mol. The van der Waals surface area contributed by atoms with Gasteiger partial charge in [0, 0.05) is 24.3 Å². The van der Waals surface area contributed by atoms with Crippen LogP contribution >= 0.6 is 12.4 Å². The maximum atomic E-state index is 13.4. The summed E-state index contributed by atoms with van der Waals surface area (Å²) in [6.07, 6.45) is 6.25. The molecular formula is C16H17ClFN3O. The second-order valence-corrected chi connectivity index (χ2v) is 4.91. The Morgan fingerprint density at radius 3 is 2.91 bits per heavy atom. The summed E-state index contributed by atoms with van der Waals surface area (Å²) in [6.45, 7) is 0.729. The van der Waals surface area contributed by atoms with Gasteiger partial charge in [-0.25, -0.2) is 4.39 Å². The first kappa shape index (κ1) is 16.1. The summed E-state index contributed by atoms with van der Waals surface area (Å²) >= 11 is 0. The fourth-order valence-electron chi connectivity index (χ4n) is 2.35. The number of hydrogen-bond acceptors (Lipinski definition) is 3. The molecule has 0 atom stereocenters. The molecule has 2 N–H and O–H groups in total. The predicted octanol–water partition coefficient (Wildman–Crippen LogP) is 3.48. The summed E-state index contributed by atoms with van der Waals surface area (Å²) in [5, 5.41) is 10.4. The van der Waals surface area contributed by atoms with E-state index in [0.29, 0.717) is 12.0 Å². The van der Waals surface area contributed by atoms with Gasteiger partial charge in [-0.2, -0.15) is 0 Å². The smallest absolute Gasteiger partial charge is 0.144 e. The van der Waals surface area contributed by atoms with Gasteiger partial charge in [0.15, 0.2) is 0 Å². The first-order valence-electron chi connectivity index (χ1n) is 6.86. The second kappa shape index (κ2) is 7.13. The molecule has 6 heteroatoms. The number of benzene rings is 1. The Morgan fingerprint density at radius 2 is 2.09 bits per heavy atom. The minimum absolute atomic E-state index is 0. The quantitative estimate of drug-likeness (QED) is 0.707. The number of rotatable bonds is 5. The van der Waals surface area contributed by atoms with Crippen LogP contribution in [0.2, 0.25) is 0 Å². The summed E-state index contributed by atoms with van der Waals surface area (Å²) in [7, 11) is 0. The molecule has 0 aliphatic heterocycles. The zero-order valence-corrected chi connectivity index (χ0v) is 12.7. The lowest BCUT2D eigenvalue weighted by molar-refractivity contribution is 0.476.